The molecule has 2 unspecified atom stereocenters. The van der Waals surface area contributed by atoms with E-state index in [2.05, 4.69) is 55.4 Å². The van der Waals surface area contributed by atoms with Gasteiger partial charge in [-0.2, -0.15) is 0 Å². The van der Waals surface area contributed by atoms with Crippen molar-refractivity contribution in [1.29, 1.82) is 0 Å². The number of carbonyl (C=O) groups is 4. The van der Waals surface area contributed by atoms with E-state index in [1.54, 1.807) is 0 Å². The van der Waals surface area contributed by atoms with Crippen LogP contribution in [0.3, 0.4) is 0 Å². The van der Waals surface area contributed by atoms with Crippen molar-refractivity contribution < 1.29 is 80.2 Å². The molecule has 534 valence electrons. The third-order valence-electron chi connectivity index (χ3n) is 16.3. The van der Waals surface area contributed by atoms with Crippen LogP contribution in [0.2, 0.25) is 0 Å². The van der Waals surface area contributed by atoms with Gasteiger partial charge in [0.1, 0.15) is 19.3 Å². The van der Waals surface area contributed by atoms with Crippen LogP contribution < -0.4 is 0 Å². The number of rotatable bonds is 68. The fraction of sp³-hybridized carbons (Fsp3) is 0.944. The van der Waals surface area contributed by atoms with Crippen LogP contribution >= 0.6 is 15.6 Å². The largest absolute Gasteiger partial charge is 0.472 e. The zero-order valence-electron chi connectivity index (χ0n) is 58.8. The quantitative estimate of drug-likeness (QED) is 0.0222. The van der Waals surface area contributed by atoms with Gasteiger partial charge < -0.3 is 33.8 Å². The predicted octanol–water partition coefficient (Wildman–Crippen LogP) is 20.1. The molecule has 19 heteroatoms. The number of phosphoric ester groups is 2. The maximum Gasteiger partial charge on any atom is 0.472 e. The van der Waals surface area contributed by atoms with Gasteiger partial charge in [0.25, 0.3) is 0 Å². The molecule has 0 aromatic heterocycles. The Morgan fingerprint density at radius 2 is 0.467 bits per heavy atom. The van der Waals surface area contributed by atoms with Gasteiger partial charge in [-0.3, -0.25) is 37.3 Å². The number of hydrogen-bond donors (Lipinski definition) is 3. The predicted molar refractivity (Wildman–Crippen MR) is 363 cm³/mol. The molecule has 0 aromatic rings. The Kier molecular flexibility index (Phi) is 59.4. The van der Waals surface area contributed by atoms with E-state index in [-0.39, 0.29) is 25.7 Å². The summed E-state index contributed by atoms with van der Waals surface area (Å²) >= 11 is 0. The van der Waals surface area contributed by atoms with E-state index in [0.717, 1.165) is 114 Å². The molecule has 0 saturated carbocycles. The second-order valence-corrected chi connectivity index (χ2v) is 30.4. The average molecular weight is 1330 g/mol. The van der Waals surface area contributed by atoms with Gasteiger partial charge in [0.2, 0.25) is 0 Å². The van der Waals surface area contributed by atoms with E-state index < -0.39 is 97.5 Å². The van der Waals surface area contributed by atoms with E-state index in [1.807, 2.05) is 0 Å². The molecular formula is C71H138O17P2. The summed E-state index contributed by atoms with van der Waals surface area (Å²) in [5.74, 6) is 0.825. The highest BCUT2D eigenvalue weighted by atomic mass is 31.2. The molecule has 0 radical (unpaired) electrons. The fourth-order valence-corrected chi connectivity index (χ4v) is 12.2. The molecular weight excluding hydrogens is 1190 g/mol. The van der Waals surface area contributed by atoms with Crippen molar-refractivity contribution in [1.82, 2.24) is 0 Å². The topological polar surface area (TPSA) is 237 Å². The Hall–Kier alpha value is -1.94. The minimum absolute atomic E-state index is 0.103. The van der Waals surface area contributed by atoms with E-state index in [4.69, 9.17) is 37.0 Å². The summed E-state index contributed by atoms with van der Waals surface area (Å²) in [6.07, 6.45) is 43.2. The van der Waals surface area contributed by atoms with Crippen LogP contribution in [-0.2, 0) is 65.4 Å². The highest BCUT2D eigenvalue weighted by Crippen LogP contribution is 2.45. The van der Waals surface area contributed by atoms with Crippen molar-refractivity contribution in [3.8, 4) is 0 Å². The standard InChI is InChI=1S/C71H138O17P2/c1-61(2)47-39-31-23-17-13-10-9-11-15-20-27-37-45-53-70(75)87-66(57-81-68(73)51-43-35-26-19-16-12-14-18-24-32-40-48-62(3)4)59-85-89(77,78)83-55-65(72)56-84-90(79,80)86-60-67(58-82-69(74)52-44-36-30-29-34-42-50-64(7)8)88-71(76)54-46-38-28-22-21-25-33-41-49-63(5)6/h61-67,72H,9-60H2,1-8H3,(H,77,78)(H,79,80)/t65-,66-,67-/m1/s1. The number of aliphatic hydroxyl groups is 1. The van der Waals surface area contributed by atoms with Gasteiger partial charge in [-0.15, -0.1) is 0 Å². The molecule has 0 fully saturated rings. The van der Waals surface area contributed by atoms with Crippen molar-refractivity contribution >= 4 is 39.5 Å². The van der Waals surface area contributed by atoms with Gasteiger partial charge in [-0.25, -0.2) is 9.13 Å². The van der Waals surface area contributed by atoms with Crippen molar-refractivity contribution in [2.24, 2.45) is 23.7 Å². The lowest BCUT2D eigenvalue weighted by molar-refractivity contribution is -0.161. The van der Waals surface area contributed by atoms with Crippen LogP contribution in [-0.4, -0.2) is 96.7 Å². The first-order valence-electron chi connectivity index (χ1n) is 36.7. The third-order valence-corrected chi connectivity index (χ3v) is 18.2. The molecule has 0 aliphatic rings. The summed E-state index contributed by atoms with van der Waals surface area (Å²) in [6, 6.07) is 0. The van der Waals surface area contributed by atoms with E-state index in [0.29, 0.717) is 31.6 Å². The zero-order chi connectivity index (χ0) is 66.8. The highest BCUT2D eigenvalue weighted by Gasteiger charge is 2.30. The number of phosphoric acid groups is 2. The number of esters is 4. The van der Waals surface area contributed by atoms with Gasteiger partial charge in [0, 0.05) is 25.7 Å². The maximum atomic E-state index is 13.0. The summed E-state index contributed by atoms with van der Waals surface area (Å²) in [6.45, 7) is 14.1. The molecule has 17 nitrogen and oxygen atoms in total. The summed E-state index contributed by atoms with van der Waals surface area (Å²) in [7, 11) is -9.90. The average Bonchev–Trinajstić information content (AvgIpc) is 3.22. The highest BCUT2D eigenvalue weighted by molar-refractivity contribution is 7.47. The lowest BCUT2D eigenvalue weighted by atomic mass is 10.0. The number of hydrogen-bond acceptors (Lipinski definition) is 15. The first-order valence-corrected chi connectivity index (χ1v) is 39.7. The molecule has 0 aromatic carbocycles. The minimum Gasteiger partial charge on any atom is -0.462 e. The molecule has 0 aliphatic heterocycles. The second kappa shape index (κ2) is 60.7. The van der Waals surface area contributed by atoms with Crippen LogP contribution in [0.5, 0.6) is 0 Å². The van der Waals surface area contributed by atoms with E-state index >= 15 is 0 Å². The van der Waals surface area contributed by atoms with Gasteiger partial charge in [0.05, 0.1) is 26.4 Å². The van der Waals surface area contributed by atoms with E-state index in [1.165, 1.54) is 148 Å². The van der Waals surface area contributed by atoms with Crippen LogP contribution in [0.4, 0.5) is 0 Å². The van der Waals surface area contributed by atoms with Crippen molar-refractivity contribution in [3.05, 3.63) is 0 Å². The number of aliphatic hydroxyl groups excluding tert-OH is 1. The molecule has 3 N–H and O–H groups in total. The van der Waals surface area contributed by atoms with Crippen molar-refractivity contribution in [3.63, 3.8) is 0 Å². The lowest BCUT2D eigenvalue weighted by Gasteiger charge is -2.21. The molecule has 0 bridgehead atoms. The maximum absolute atomic E-state index is 13.0. The van der Waals surface area contributed by atoms with Crippen molar-refractivity contribution in [2.45, 2.75) is 369 Å². The Balaban J connectivity index is 5.24. The molecule has 0 heterocycles. The van der Waals surface area contributed by atoms with Gasteiger partial charge in [-0.05, 0) is 49.4 Å². The molecule has 0 saturated heterocycles. The van der Waals surface area contributed by atoms with Gasteiger partial charge in [0.15, 0.2) is 12.2 Å². The first kappa shape index (κ1) is 88.1. The Morgan fingerprint density at radius 1 is 0.278 bits per heavy atom. The summed E-state index contributed by atoms with van der Waals surface area (Å²) in [5, 5.41) is 10.6. The van der Waals surface area contributed by atoms with Gasteiger partial charge in [-0.1, -0.05) is 299 Å². The number of unbranched alkanes of at least 4 members (excludes halogenated alkanes) is 34. The monoisotopic (exact) mass is 1320 g/mol. The smallest absolute Gasteiger partial charge is 0.462 e. The van der Waals surface area contributed by atoms with Crippen LogP contribution in [0.1, 0.15) is 351 Å². The zero-order valence-corrected chi connectivity index (χ0v) is 60.6. The molecule has 0 amide bonds. The molecule has 90 heavy (non-hydrogen) atoms. The second-order valence-electron chi connectivity index (χ2n) is 27.5. The first-order chi connectivity index (χ1) is 43.1. The van der Waals surface area contributed by atoms with Crippen molar-refractivity contribution in [2.75, 3.05) is 39.6 Å². The van der Waals surface area contributed by atoms with Crippen LogP contribution in [0, 0.1) is 23.7 Å². The summed E-state index contributed by atoms with van der Waals surface area (Å²) in [4.78, 5) is 72.5. The SMILES string of the molecule is CC(C)CCCCCCCCCCCCCCCC(=O)O[C@H](COC(=O)CCCCCCCCCCCCCC(C)C)COP(=O)(O)OC[C@@H](O)COP(=O)(O)OC[C@@H](COC(=O)CCCCCCCCC(C)C)OC(=O)CCCCCCCCCCC(C)C. The summed E-state index contributed by atoms with van der Waals surface area (Å²) in [5.41, 5.74) is 0. The van der Waals surface area contributed by atoms with Gasteiger partial charge >= 0.3 is 39.5 Å². The molecule has 0 aliphatic carbocycles. The van der Waals surface area contributed by atoms with E-state index in [9.17, 15) is 43.2 Å². The lowest BCUT2D eigenvalue weighted by Crippen LogP contribution is -2.30. The number of ether oxygens (including phenoxy) is 4. The third kappa shape index (κ3) is 64.8. The fourth-order valence-electron chi connectivity index (χ4n) is 10.7. The Labute approximate surface area is 549 Å². The number of carbonyl (C=O) groups excluding carboxylic acids is 4. The Bertz CT molecular complexity index is 1780. The van der Waals surface area contributed by atoms with Crippen LogP contribution in [0.15, 0.2) is 0 Å². The summed E-state index contributed by atoms with van der Waals surface area (Å²) < 4.78 is 68.3. The van der Waals surface area contributed by atoms with Crippen LogP contribution in [0.25, 0.3) is 0 Å². The minimum atomic E-state index is -4.95. The Morgan fingerprint density at radius 3 is 0.689 bits per heavy atom. The molecule has 0 rings (SSSR count). The normalized spacial score (nSPS) is 14.3. The molecule has 0 spiro atoms. The molecule has 5 atom stereocenters.